The Balaban J connectivity index is 1.24. The molecular weight excluding hydrogens is 553 g/mol. The lowest BCUT2D eigenvalue weighted by molar-refractivity contribution is 0.251. The number of aromatic nitrogens is 2. The number of hydrogen-bond donors (Lipinski definition) is 1. The minimum atomic E-state index is -0.447. The van der Waals surface area contributed by atoms with E-state index in [4.69, 9.17) is 21.1 Å². The number of amides is 1. The zero-order chi connectivity index (χ0) is 29.3. The molecule has 0 radical (unpaired) electrons. The minimum absolute atomic E-state index is 0.344. The summed E-state index contributed by atoms with van der Waals surface area (Å²) in [7, 11) is 0. The Hall–Kier alpha value is -4.62. The fourth-order valence-corrected chi connectivity index (χ4v) is 4.51. The van der Waals surface area contributed by atoms with Crippen molar-refractivity contribution in [1.29, 1.82) is 0 Å². The first-order valence-electron chi connectivity index (χ1n) is 13.9. The molecule has 5 rings (SSSR count). The second-order valence-corrected chi connectivity index (χ2v) is 10.2. The van der Waals surface area contributed by atoms with Gasteiger partial charge in [0, 0.05) is 28.0 Å². The van der Waals surface area contributed by atoms with Gasteiger partial charge in [-0.25, -0.2) is 9.18 Å². The van der Waals surface area contributed by atoms with E-state index < -0.39 is 6.03 Å². The molecule has 1 N–H and O–H groups in total. The molecule has 8 heteroatoms. The van der Waals surface area contributed by atoms with Crippen molar-refractivity contribution in [2.24, 2.45) is 0 Å². The van der Waals surface area contributed by atoms with Gasteiger partial charge in [0.05, 0.1) is 6.61 Å². The Morgan fingerprint density at radius 1 is 0.810 bits per heavy atom. The second-order valence-electron chi connectivity index (χ2n) is 9.79. The molecule has 0 saturated carbocycles. The maximum absolute atomic E-state index is 13.6. The third kappa shape index (κ3) is 7.56. The van der Waals surface area contributed by atoms with Crippen molar-refractivity contribution < 1.29 is 18.7 Å². The van der Waals surface area contributed by atoms with Gasteiger partial charge in [-0.05, 0) is 84.8 Å². The number of carbonyl (C=O) groups is 1. The fourth-order valence-electron chi connectivity index (χ4n) is 4.39. The van der Waals surface area contributed by atoms with Crippen LogP contribution in [-0.2, 0) is 0 Å². The van der Waals surface area contributed by atoms with Gasteiger partial charge in [-0.15, -0.1) is 0 Å². The van der Waals surface area contributed by atoms with Crippen LogP contribution in [0.15, 0.2) is 103 Å². The number of rotatable bonds is 11. The average Bonchev–Trinajstić information content (AvgIpc) is 3.45. The van der Waals surface area contributed by atoms with Crippen LogP contribution in [0.1, 0.15) is 32.6 Å². The Kier molecular flexibility index (Phi) is 9.51. The molecule has 1 amide bonds. The number of carbonyl (C=O) groups excluding carboxylic acids is 1. The van der Waals surface area contributed by atoms with Crippen LogP contribution in [0.4, 0.5) is 14.9 Å². The number of benzene rings is 4. The number of nitrogens with one attached hydrogen (secondary N) is 1. The van der Waals surface area contributed by atoms with E-state index in [1.54, 1.807) is 54.7 Å². The molecule has 0 aliphatic rings. The first kappa shape index (κ1) is 28.9. The van der Waals surface area contributed by atoms with Crippen molar-refractivity contribution in [3.05, 3.63) is 114 Å². The zero-order valence-corrected chi connectivity index (χ0v) is 24.0. The average molecular weight is 584 g/mol. The molecule has 1 heterocycles. The molecule has 4 aromatic carbocycles. The Morgan fingerprint density at radius 2 is 1.43 bits per heavy atom. The maximum Gasteiger partial charge on any atom is 0.346 e. The summed E-state index contributed by atoms with van der Waals surface area (Å²) in [6.07, 6.45) is 6.29. The van der Waals surface area contributed by atoms with E-state index in [-0.39, 0.29) is 5.82 Å². The number of ether oxygens (including phenoxy) is 2. The van der Waals surface area contributed by atoms with Gasteiger partial charge in [0.2, 0.25) is 0 Å². The third-order valence-corrected chi connectivity index (χ3v) is 6.88. The standard InChI is InChI=1S/C34H31ClFN3O3/c1-2-3-4-5-22-41-29-18-20-31(21-19-29)42-30-16-14-28(15-17-30)37-34(40)39-23-32(24-8-12-27(36)13-9-24)33(38-39)25-6-10-26(35)11-7-25/h6-21,23H,2-5,22H2,1H3,(H,37,40). The van der Waals surface area contributed by atoms with Crippen molar-refractivity contribution in [3.8, 4) is 39.6 Å². The maximum atomic E-state index is 13.6. The van der Waals surface area contributed by atoms with Crippen molar-refractivity contribution in [2.45, 2.75) is 32.6 Å². The highest BCUT2D eigenvalue weighted by atomic mass is 35.5. The quantitative estimate of drug-likeness (QED) is 0.157. The number of hydrogen-bond acceptors (Lipinski definition) is 4. The molecule has 0 spiro atoms. The summed E-state index contributed by atoms with van der Waals surface area (Å²) in [4.78, 5) is 13.2. The Bertz CT molecular complexity index is 1540. The van der Waals surface area contributed by atoms with Gasteiger partial charge in [-0.2, -0.15) is 9.78 Å². The topological polar surface area (TPSA) is 65.4 Å². The molecule has 0 fully saturated rings. The lowest BCUT2D eigenvalue weighted by Gasteiger charge is -2.09. The van der Waals surface area contributed by atoms with Crippen LogP contribution >= 0.6 is 11.6 Å². The van der Waals surface area contributed by atoms with Crippen LogP contribution in [-0.4, -0.2) is 22.4 Å². The summed E-state index contributed by atoms with van der Waals surface area (Å²) in [5.74, 6) is 1.79. The van der Waals surface area contributed by atoms with Crippen LogP contribution in [0, 0.1) is 5.82 Å². The van der Waals surface area contributed by atoms with Crippen LogP contribution < -0.4 is 14.8 Å². The SMILES string of the molecule is CCCCCCOc1ccc(Oc2ccc(NC(=O)n3cc(-c4ccc(F)cc4)c(-c4ccc(Cl)cc4)n3)cc2)cc1. The molecule has 6 nitrogen and oxygen atoms in total. The van der Waals surface area contributed by atoms with Crippen LogP contribution in [0.25, 0.3) is 22.4 Å². The summed E-state index contributed by atoms with van der Waals surface area (Å²) in [6, 6.07) is 27.4. The molecule has 0 saturated heterocycles. The predicted octanol–water partition coefficient (Wildman–Crippen LogP) is 9.84. The number of halogens is 2. The largest absolute Gasteiger partial charge is 0.494 e. The van der Waals surface area contributed by atoms with Crippen molar-refractivity contribution in [1.82, 2.24) is 9.78 Å². The number of nitrogens with zero attached hydrogens (tertiary/aromatic N) is 2. The molecule has 0 aliphatic heterocycles. The zero-order valence-electron chi connectivity index (χ0n) is 23.2. The Labute approximate surface area is 249 Å². The van der Waals surface area contributed by atoms with Gasteiger partial charge in [0.1, 0.15) is 28.8 Å². The smallest absolute Gasteiger partial charge is 0.346 e. The van der Waals surface area contributed by atoms with E-state index in [2.05, 4.69) is 17.3 Å². The summed E-state index contributed by atoms with van der Waals surface area (Å²) in [5, 5.41) is 8.00. The van der Waals surface area contributed by atoms with E-state index in [1.807, 2.05) is 36.4 Å². The fraction of sp³-hybridized carbons (Fsp3) is 0.176. The van der Waals surface area contributed by atoms with E-state index in [1.165, 1.54) is 36.1 Å². The first-order valence-corrected chi connectivity index (χ1v) is 14.3. The summed E-state index contributed by atoms with van der Waals surface area (Å²) in [6.45, 7) is 2.90. The van der Waals surface area contributed by atoms with Gasteiger partial charge in [0.25, 0.3) is 0 Å². The molecule has 214 valence electrons. The summed E-state index contributed by atoms with van der Waals surface area (Å²) >= 11 is 6.07. The van der Waals surface area contributed by atoms with E-state index in [0.29, 0.717) is 40.1 Å². The monoisotopic (exact) mass is 583 g/mol. The van der Waals surface area contributed by atoms with Crippen LogP contribution in [0.2, 0.25) is 5.02 Å². The first-order chi connectivity index (χ1) is 20.5. The molecule has 0 aliphatic carbocycles. The molecule has 0 atom stereocenters. The highest BCUT2D eigenvalue weighted by Gasteiger charge is 2.17. The molecule has 5 aromatic rings. The number of unbranched alkanes of at least 4 members (excludes halogenated alkanes) is 3. The normalized spacial score (nSPS) is 10.8. The molecular formula is C34H31ClFN3O3. The lowest BCUT2D eigenvalue weighted by atomic mass is 10.0. The molecule has 0 unspecified atom stereocenters. The molecule has 1 aromatic heterocycles. The second kappa shape index (κ2) is 13.8. The van der Waals surface area contributed by atoms with Crippen molar-refractivity contribution in [3.63, 3.8) is 0 Å². The summed E-state index contributed by atoms with van der Waals surface area (Å²) < 4.78 is 26.5. The third-order valence-electron chi connectivity index (χ3n) is 6.63. The van der Waals surface area contributed by atoms with E-state index in [9.17, 15) is 9.18 Å². The summed E-state index contributed by atoms with van der Waals surface area (Å²) in [5.41, 5.74) is 3.34. The van der Waals surface area contributed by atoms with Gasteiger partial charge >= 0.3 is 6.03 Å². The van der Waals surface area contributed by atoms with E-state index >= 15 is 0 Å². The highest BCUT2D eigenvalue weighted by molar-refractivity contribution is 6.30. The molecule has 42 heavy (non-hydrogen) atoms. The lowest BCUT2D eigenvalue weighted by Crippen LogP contribution is -2.19. The van der Waals surface area contributed by atoms with Gasteiger partial charge in [-0.1, -0.05) is 62.1 Å². The van der Waals surface area contributed by atoms with Gasteiger partial charge in [0.15, 0.2) is 0 Å². The van der Waals surface area contributed by atoms with Crippen LogP contribution in [0.5, 0.6) is 17.2 Å². The molecule has 0 bridgehead atoms. The van der Waals surface area contributed by atoms with Crippen molar-refractivity contribution >= 4 is 23.3 Å². The van der Waals surface area contributed by atoms with Gasteiger partial charge < -0.3 is 14.8 Å². The van der Waals surface area contributed by atoms with Crippen LogP contribution in [0.3, 0.4) is 0 Å². The highest BCUT2D eigenvalue weighted by Crippen LogP contribution is 2.32. The van der Waals surface area contributed by atoms with Crippen molar-refractivity contribution in [2.75, 3.05) is 11.9 Å². The van der Waals surface area contributed by atoms with E-state index in [0.717, 1.165) is 23.3 Å². The Morgan fingerprint density at radius 3 is 2.10 bits per heavy atom. The number of anilines is 1. The van der Waals surface area contributed by atoms with Gasteiger partial charge in [-0.3, -0.25) is 0 Å². The minimum Gasteiger partial charge on any atom is -0.494 e. The predicted molar refractivity (Wildman–Crippen MR) is 165 cm³/mol.